The standard InChI is InChI=1S/C16H16N2O2/c17-16(11-12-4-2-1-3-5-12)9-8-13-6-7-14(18(19)20)10-15(13)16/h1-7,10H,8-9,11,17H2. The van der Waals surface area contributed by atoms with Crippen molar-refractivity contribution in [3.63, 3.8) is 0 Å². The molecule has 0 amide bonds. The molecule has 0 spiro atoms. The molecular weight excluding hydrogens is 252 g/mol. The molecule has 2 N–H and O–H groups in total. The van der Waals surface area contributed by atoms with Gasteiger partial charge in [0.15, 0.2) is 0 Å². The van der Waals surface area contributed by atoms with Gasteiger partial charge >= 0.3 is 0 Å². The second kappa shape index (κ2) is 4.72. The molecule has 0 aliphatic heterocycles. The van der Waals surface area contributed by atoms with Gasteiger partial charge in [-0.25, -0.2) is 0 Å². The Morgan fingerprint density at radius 3 is 2.65 bits per heavy atom. The Bertz CT molecular complexity index is 655. The Balaban J connectivity index is 1.98. The second-order valence-corrected chi connectivity index (χ2v) is 5.42. The molecule has 0 heterocycles. The largest absolute Gasteiger partial charge is 0.321 e. The third-order valence-corrected chi connectivity index (χ3v) is 4.04. The van der Waals surface area contributed by atoms with Gasteiger partial charge in [0.05, 0.1) is 4.92 Å². The molecule has 0 bridgehead atoms. The van der Waals surface area contributed by atoms with Crippen LogP contribution in [0.25, 0.3) is 0 Å². The zero-order valence-electron chi connectivity index (χ0n) is 11.1. The van der Waals surface area contributed by atoms with Gasteiger partial charge < -0.3 is 5.73 Å². The van der Waals surface area contributed by atoms with Gasteiger partial charge in [0, 0.05) is 17.7 Å². The van der Waals surface area contributed by atoms with Gasteiger partial charge in [-0.2, -0.15) is 0 Å². The number of hydrogen-bond donors (Lipinski definition) is 1. The first-order valence-electron chi connectivity index (χ1n) is 6.69. The van der Waals surface area contributed by atoms with Gasteiger partial charge in [-0.3, -0.25) is 10.1 Å². The van der Waals surface area contributed by atoms with Crippen LogP contribution in [-0.2, 0) is 18.4 Å². The predicted molar refractivity (Wildman–Crippen MR) is 77.4 cm³/mol. The summed E-state index contributed by atoms with van der Waals surface area (Å²) in [5.41, 5.74) is 9.39. The van der Waals surface area contributed by atoms with Crippen LogP contribution in [0, 0.1) is 10.1 Å². The molecule has 0 saturated carbocycles. The van der Waals surface area contributed by atoms with Gasteiger partial charge in [0.1, 0.15) is 0 Å². The summed E-state index contributed by atoms with van der Waals surface area (Å²) in [4.78, 5) is 10.6. The second-order valence-electron chi connectivity index (χ2n) is 5.42. The number of non-ortho nitro benzene ring substituents is 1. The summed E-state index contributed by atoms with van der Waals surface area (Å²) < 4.78 is 0. The minimum atomic E-state index is -0.497. The third-order valence-electron chi connectivity index (χ3n) is 4.04. The average molecular weight is 268 g/mol. The Morgan fingerprint density at radius 1 is 1.20 bits per heavy atom. The number of nitrogens with two attached hydrogens (primary N) is 1. The van der Waals surface area contributed by atoms with Crippen molar-refractivity contribution in [3.8, 4) is 0 Å². The fourth-order valence-electron chi connectivity index (χ4n) is 3.00. The topological polar surface area (TPSA) is 69.2 Å². The number of rotatable bonds is 3. The zero-order valence-corrected chi connectivity index (χ0v) is 11.1. The van der Waals surface area contributed by atoms with Gasteiger partial charge in [-0.05, 0) is 36.0 Å². The molecule has 0 aromatic heterocycles. The Morgan fingerprint density at radius 2 is 1.95 bits per heavy atom. The highest BCUT2D eigenvalue weighted by Gasteiger charge is 2.36. The van der Waals surface area contributed by atoms with E-state index in [1.807, 2.05) is 36.4 Å². The zero-order chi connectivity index (χ0) is 14.2. The smallest absolute Gasteiger partial charge is 0.269 e. The van der Waals surface area contributed by atoms with Crippen LogP contribution >= 0.6 is 0 Å². The molecule has 1 aliphatic rings. The van der Waals surface area contributed by atoms with Crippen LogP contribution in [0.2, 0.25) is 0 Å². The number of fused-ring (bicyclic) bond motifs is 1. The lowest BCUT2D eigenvalue weighted by molar-refractivity contribution is -0.385. The highest BCUT2D eigenvalue weighted by molar-refractivity contribution is 5.47. The maximum absolute atomic E-state index is 10.9. The molecule has 0 radical (unpaired) electrons. The van der Waals surface area contributed by atoms with E-state index >= 15 is 0 Å². The van der Waals surface area contributed by atoms with Gasteiger partial charge in [-0.15, -0.1) is 0 Å². The molecule has 0 saturated heterocycles. The molecule has 2 aromatic carbocycles. The first-order chi connectivity index (χ1) is 9.58. The summed E-state index contributed by atoms with van der Waals surface area (Å²) in [5.74, 6) is 0. The summed E-state index contributed by atoms with van der Waals surface area (Å²) in [6.45, 7) is 0. The molecule has 3 rings (SSSR count). The van der Waals surface area contributed by atoms with Crippen LogP contribution in [0.15, 0.2) is 48.5 Å². The van der Waals surface area contributed by atoms with Gasteiger partial charge in [0.25, 0.3) is 5.69 Å². The molecule has 4 nitrogen and oxygen atoms in total. The molecule has 1 unspecified atom stereocenters. The van der Waals surface area contributed by atoms with Crippen molar-refractivity contribution in [2.75, 3.05) is 0 Å². The molecule has 102 valence electrons. The molecule has 2 aromatic rings. The van der Waals surface area contributed by atoms with Crippen molar-refractivity contribution in [1.82, 2.24) is 0 Å². The first-order valence-corrected chi connectivity index (χ1v) is 6.69. The maximum atomic E-state index is 10.9. The van der Waals surface area contributed by atoms with Crippen LogP contribution in [0.1, 0.15) is 23.1 Å². The maximum Gasteiger partial charge on any atom is 0.269 e. The summed E-state index contributed by atoms with van der Waals surface area (Å²) in [5, 5.41) is 10.9. The van der Waals surface area contributed by atoms with Crippen LogP contribution in [0.5, 0.6) is 0 Å². The van der Waals surface area contributed by atoms with Crippen LogP contribution in [0.3, 0.4) is 0 Å². The summed E-state index contributed by atoms with van der Waals surface area (Å²) in [7, 11) is 0. The van der Waals surface area contributed by atoms with E-state index in [4.69, 9.17) is 5.73 Å². The minimum absolute atomic E-state index is 0.119. The van der Waals surface area contributed by atoms with E-state index in [1.165, 1.54) is 0 Å². The lowest BCUT2D eigenvalue weighted by Gasteiger charge is -2.25. The van der Waals surface area contributed by atoms with Crippen molar-refractivity contribution < 1.29 is 4.92 Å². The quantitative estimate of drug-likeness (QED) is 0.687. The van der Waals surface area contributed by atoms with Crippen molar-refractivity contribution in [2.45, 2.75) is 24.8 Å². The van der Waals surface area contributed by atoms with E-state index in [-0.39, 0.29) is 10.6 Å². The molecule has 1 aliphatic carbocycles. The van der Waals surface area contributed by atoms with E-state index < -0.39 is 5.54 Å². The van der Waals surface area contributed by atoms with Crippen molar-refractivity contribution in [3.05, 3.63) is 75.3 Å². The van der Waals surface area contributed by atoms with Crippen LogP contribution in [0.4, 0.5) is 5.69 Å². The number of nitro benzene ring substituents is 1. The van der Waals surface area contributed by atoms with Crippen molar-refractivity contribution in [1.29, 1.82) is 0 Å². The first kappa shape index (κ1) is 12.8. The summed E-state index contributed by atoms with van der Waals surface area (Å²) >= 11 is 0. The lowest BCUT2D eigenvalue weighted by atomic mass is 9.86. The molecule has 4 heteroatoms. The summed E-state index contributed by atoms with van der Waals surface area (Å²) in [6, 6.07) is 15.1. The van der Waals surface area contributed by atoms with Crippen LogP contribution in [-0.4, -0.2) is 4.92 Å². The SMILES string of the molecule is NC1(Cc2ccccc2)CCc2ccc([N+](=O)[O-])cc21. The van der Waals surface area contributed by atoms with E-state index in [9.17, 15) is 10.1 Å². The number of hydrogen-bond acceptors (Lipinski definition) is 3. The third kappa shape index (κ3) is 2.18. The normalized spacial score (nSPS) is 20.6. The van der Waals surface area contributed by atoms with Gasteiger partial charge in [0.2, 0.25) is 0 Å². The number of nitrogens with zero attached hydrogens (tertiary/aromatic N) is 1. The fraction of sp³-hybridized carbons (Fsp3) is 0.250. The minimum Gasteiger partial charge on any atom is -0.321 e. The van der Waals surface area contributed by atoms with Crippen molar-refractivity contribution in [2.24, 2.45) is 5.73 Å². The highest BCUT2D eigenvalue weighted by Crippen LogP contribution is 2.39. The fourth-order valence-corrected chi connectivity index (χ4v) is 3.00. The Hall–Kier alpha value is -2.20. The predicted octanol–water partition coefficient (Wildman–Crippen LogP) is 2.94. The van der Waals surface area contributed by atoms with E-state index in [0.717, 1.165) is 29.5 Å². The molecule has 1 atom stereocenters. The van der Waals surface area contributed by atoms with E-state index in [1.54, 1.807) is 12.1 Å². The summed E-state index contributed by atoms with van der Waals surface area (Å²) in [6.07, 6.45) is 2.43. The highest BCUT2D eigenvalue weighted by atomic mass is 16.6. The molecule has 20 heavy (non-hydrogen) atoms. The van der Waals surface area contributed by atoms with E-state index in [2.05, 4.69) is 0 Å². The average Bonchev–Trinajstić information content (AvgIpc) is 2.77. The van der Waals surface area contributed by atoms with Crippen molar-refractivity contribution >= 4 is 5.69 Å². The van der Waals surface area contributed by atoms with Crippen LogP contribution < -0.4 is 5.73 Å². The number of aryl methyl sites for hydroxylation is 1. The number of nitro groups is 1. The molecular formula is C16H16N2O2. The number of benzene rings is 2. The lowest BCUT2D eigenvalue weighted by Crippen LogP contribution is -2.36. The van der Waals surface area contributed by atoms with Gasteiger partial charge in [-0.1, -0.05) is 36.4 Å². The molecule has 0 fully saturated rings. The Labute approximate surface area is 117 Å². The Kier molecular flexibility index (Phi) is 3.03. The van der Waals surface area contributed by atoms with E-state index in [0.29, 0.717) is 6.42 Å². The monoisotopic (exact) mass is 268 g/mol.